The van der Waals surface area contributed by atoms with Crippen LogP contribution in [0.25, 0.3) is 0 Å². The first-order valence-electron chi connectivity index (χ1n) is 6.10. The second-order valence-electron chi connectivity index (χ2n) is 4.08. The van der Waals surface area contributed by atoms with Gasteiger partial charge in [-0.15, -0.1) is 0 Å². The van der Waals surface area contributed by atoms with Gasteiger partial charge >= 0.3 is 0 Å². The van der Waals surface area contributed by atoms with Crippen LogP contribution in [0, 0.1) is 0 Å². The van der Waals surface area contributed by atoms with Gasteiger partial charge in [0.25, 0.3) is 0 Å². The predicted molar refractivity (Wildman–Crippen MR) is 77.3 cm³/mol. The fourth-order valence-electron chi connectivity index (χ4n) is 1.61. The van der Waals surface area contributed by atoms with Gasteiger partial charge in [-0.05, 0) is 24.3 Å². The molecule has 0 aliphatic carbocycles. The Kier molecular flexibility index (Phi) is 5.03. The van der Waals surface area contributed by atoms with Crippen molar-refractivity contribution in [2.45, 2.75) is 6.54 Å². The van der Waals surface area contributed by atoms with Gasteiger partial charge in [-0.3, -0.25) is 0 Å². The first-order chi connectivity index (χ1) is 9.69. The summed E-state index contributed by atoms with van der Waals surface area (Å²) in [4.78, 5) is 4.08. The zero-order chi connectivity index (χ0) is 14.4. The van der Waals surface area contributed by atoms with Crippen molar-refractivity contribution in [3.8, 4) is 11.6 Å². The third kappa shape index (κ3) is 4.01. The highest BCUT2D eigenvalue weighted by Crippen LogP contribution is 2.22. The smallest absolute Gasteiger partial charge is 0.213 e. The van der Waals surface area contributed by atoms with Crippen molar-refractivity contribution in [2.75, 3.05) is 18.5 Å². The minimum Gasteiger partial charge on any atom is -0.508 e. The van der Waals surface area contributed by atoms with E-state index in [2.05, 4.69) is 10.3 Å². The van der Waals surface area contributed by atoms with Gasteiger partial charge < -0.3 is 20.3 Å². The highest BCUT2D eigenvalue weighted by Gasteiger charge is 2.02. The molecule has 2 aromatic rings. The van der Waals surface area contributed by atoms with Crippen molar-refractivity contribution >= 4 is 17.3 Å². The van der Waals surface area contributed by atoms with Crippen LogP contribution >= 0.6 is 11.6 Å². The van der Waals surface area contributed by atoms with Crippen molar-refractivity contribution in [1.29, 1.82) is 0 Å². The summed E-state index contributed by atoms with van der Waals surface area (Å²) < 4.78 is 5.16. The van der Waals surface area contributed by atoms with Crippen LogP contribution in [0.1, 0.15) is 5.56 Å². The molecule has 106 valence electrons. The third-order valence-corrected chi connectivity index (χ3v) is 2.84. The zero-order valence-corrected chi connectivity index (χ0v) is 11.5. The number of aliphatic hydroxyl groups is 1. The second kappa shape index (κ2) is 6.98. The highest BCUT2D eigenvalue weighted by molar-refractivity contribution is 6.30. The molecular formula is C14H15ClN2O3. The Morgan fingerprint density at radius 3 is 2.80 bits per heavy atom. The summed E-state index contributed by atoms with van der Waals surface area (Å²) in [7, 11) is 0. The highest BCUT2D eigenvalue weighted by atomic mass is 35.5. The number of halogens is 1. The quantitative estimate of drug-likeness (QED) is 0.763. The van der Waals surface area contributed by atoms with Gasteiger partial charge in [-0.2, -0.15) is 0 Å². The number of nitrogens with zero attached hydrogens (tertiary/aromatic N) is 1. The Bertz CT molecular complexity index is 561. The lowest BCUT2D eigenvalue weighted by atomic mass is 10.2. The Balaban J connectivity index is 1.95. The number of aliphatic hydroxyl groups excluding tert-OH is 1. The number of phenols is 1. The van der Waals surface area contributed by atoms with E-state index in [9.17, 15) is 5.11 Å². The van der Waals surface area contributed by atoms with E-state index in [1.54, 1.807) is 36.5 Å². The predicted octanol–water partition coefficient (Wildman–Crippen LogP) is 2.42. The Hall–Kier alpha value is -1.98. The third-order valence-electron chi connectivity index (χ3n) is 2.60. The molecule has 0 radical (unpaired) electrons. The van der Waals surface area contributed by atoms with E-state index in [1.807, 2.05) is 0 Å². The van der Waals surface area contributed by atoms with Crippen LogP contribution in [0.4, 0.5) is 5.69 Å². The van der Waals surface area contributed by atoms with E-state index < -0.39 is 0 Å². The number of pyridine rings is 1. The summed E-state index contributed by atoms with van der Waals surface area (Å²) in [6.07, 6.45) is 1.62. The van der Waals surface area contributed by atoms with Gasteiger partial charge in [0.15, 0.2) is 0 Å². The van der Waals surface area contributed by atoms with E-state index in [-0.39, 0.29) is 19.0 Å². The van der Waals surface area contributed by atoms with Crippen molar-refractivity contribution in [2.24, 2.45) is 0 Å². The lowest BCUT2D eigenvalue weighted by Crippen LogP contribution is -2.04. The van der Waals surface area contributed by atoms with Crippen LogP contribution in [-0.2, 0) is 6.54 Å². The van der Waals surface area contributed by atoms with Gasteiger partial charge in [-0.25, -0.2) is 4.98 Å². The fourth-order valence-corrected chi connectivity index (χ4v) is 1.81. The number of hydrogen-bond acceptors (Lipinski definition) is 5. The average Bonchev–Trinajstić information content (AvgIpc) is 2.47. The molecule has 0 unspecified atom stereocenters. The minimum absolute atomic E-state index is 0.0459. The fraction of sp³-hybridized carbons (Fsp3) is 0.214. The number of nitrogens with one attached hydrogen (secondary N) is 1. The molecule has 1 aromatic carbocycles. The maximum atomic E-state index is 9.70. The Morgan fingerprint density at radius 2 is 2.10 bits per heavy atom. The molecular weight excluding hydrogens is 280 g/mol. The van der Waals surface area contributed by atoms with Gasteiger partial charge in [0.05, 0.1) is 18.5 Å². The number of ether oxygens (including phenoxy) is 1. The number of phenolic OH excluding ortho intramolecular Hbond substituents is 1. The molecule has 0 fully saturated rings. The molecule has 0 bridgehead atoms. The van der Waals surface area contributed by atoms with E-state index >= 15 is 0 Å². The average molecular weight is 295 g/mol. The number of aromatic hydroxyl groups is 1. The zero-order valence-electron chi connectivity index (χ0n) is 10.7. The largest absolute Gasteiger partial charge is 0.508 e. The molecule has 5 nitrogen and oxygen atoms in total. The van der Waals surface area contributed by atoms with Crippen LogP contribution in [0.3, 0.4) is 0 Å². The summed E-state index contributed by atoms with van der Waals surface area (Å²) >= 11 is 5.88. The summed E-state index contributed by atoms with van der Waals surface area (Å²) in [6.45, 7) is 0.608. The molecule has 20 heavy (non-hydrogen) atoms. The minimum atomic E-state index is -0.0459. The first-order valence-corrected chi connectivity index (χ1v) is 6.48. The Labute approximate surface area is 121 Å². The molecule has 0 amide bonds. The second-order valence-corrected chi connectivity index (χ2v) is 4.52. The molecule has 0 spiro atoms. The van der Waals surface area contributed by atoms with E-state index in [1.165, 1.54) is 0 Å². The van der Waals surface area contributed by atoms with Gasteiger partial charge in [0.2, 0.25) is 5.88 Å². The van der Waals surface area contributed by atoms with Crippen molar-refractivity contribution < 1.29 is 14.9 Å². The van der Waals surface area contributed by atoms with E-state index in [0.29, 0.717) is 23.0 Å². The summed E-state index contributed by atoms with van der Waals surface area (Å²) in [5.74, 6) is 0.646. The first kappa shape index (κ1) is 14.4. The molecule has 0 aliphatic rings. The number of rotatable bonds is 6. The molecule has 0 atom stereocenters. The van der Waals surface area contributed by atoms with Crippen molar-refractivity contribution in [3.63, 3.8) is 0 Å². The standard InChI is InChI=1S/C14H15ClN2O3/c15-11-1-3-13(19)10(7-11)8-16-12-2-4-14(17-9-12)20-6-5-18/h1-4,7,9,16,18-19H,5-6,8H2. The van der Waals surface area contributed by atoms with E-state index in [0.717, 1.165) is 5.69 Å². The lowest BCUT2D eigenvalue weighted by Gasteiger charge is -2.09. The maximum absolute atomic E-state index is 9.70. The normalized spacial score (nSPS) is 10.3. The topological polar surface area (TPSA) is 74.6 Å². The summed E-state index contributed by atoms with van der Waals surface area (Å²) in [5, 5.41) is 22.0. The Morgan fingerprint density at radius 1 is 1.25 bits per heavy atom. The van der Waals surface area contributed by atoms with Crippen LogP contribution < -0.4 is 10.1 Å². The molecule has 0 saturated carbocycles. The number of hydrogen-bond donors (Lipinski definition) is 3. The van der Waals surface area contributed by atoms with Gasteiger partial charge in [-0.1, -0.05) is 11.6 Å². The van der Waals surface area contributed by atoms with Crippen LogP contribution in [0.2, 0.25) is 5.02 Å². The van der Waals surface area contributed by atoms with Crippen molar-refractivity contribution in [3.05, 3.63) is 47.1 Å². The number of anilines is 1. The summed E-state index contributed by atoms with van der Waals surface area (Å²) in [5.41, 5.74) is 1.50. The SMILES string of the molecule is OCCOc1ccc(NCc2cc(Cl)ccc2O)cn1. The molecule has 1 aromatic heterocycles. The number of benzene rings is 1. The summed E-state index contributed by atoms with van der Waals surface area (Å²) in [6, 6.07) is 8.41. The van der Waals surface area contributed by atoms with Crippen LogP contribution in [-0.4, -0.2) is 28.4 Å². The molecule has 0 saturated heterocycles. The molecule has 3 N–H and O–H groups in total. The number of aromatic nitrogens is 1. The lowest BCUT2D eigenvalue weighted by molar-refractivity contribution is 0.196. The molecule has 1 heterocycles. The van der Waals surface area contributed by atoms with Crippen molar-refractivity contribution in [1.82, 2.24) is 4.98 Å². The van der Waals surface area contributed by atoms with Gasteiger partial charge in [0, 0.05) is 23.2 Å². The van der Waals surface area contributed by atoms with E-state index in [4.69, 9.17) is 21.4 Å². The molecule has 6 heteroatoms. The maximum Gasteiger partial charge on any atom is 0.213 e. The van der Waals surface area contributed by atoms with Gasteiger partial charge in [0.1, 0.15) is 12.4 Å². The van der Waals surface area contributed by atoms with Crippen LogP contribution in [0.5, 0.6) is 11.6 Å². The van der Waals surface area contributed by atoms with Crippen LogP contribution in [0.15, 0.2) is 36.5 Å². The monoisotopic (exact) mass is 294 g/mol. The molecule has 0 aliphatic heterocycles. The molecule has 2 rings (SSSR count).